The quantitative estimate of drug-likeness (QED) is 0.853. The number of carbonyl (C=O) groups excluding carboxylic acids is 1. The van der Waals surface area contributed by atoms with E-state index < -0.39 is 0 Å². The molecule has 1 N–H and O–H groups in total. The highest BCUT2D eigenvalue weighted by Gasteiger charge is 2.12. The predicted molar refractivity (Wildman–Crippen MR) is 84.7 cm³/mol. The van der Waals surface area contributed by atoms with Crippen molar-refractivity contribution < 1.29 is 9.53 Å². The molecule has 0 bridgehead atoms. The van der Waals surface area contributed by atoms with Crippen molar-refractivity contribution in [2.75, 3.05) is 18.2 Å². The number of benzene rings is 2. The van der Waals surface area contributed by atoms with Crippen molar-refractivity contribution in [3.8, 4) is 5.75 Å². The monoisotopic (exact) mass is 284 g/mol. The molecule has 0 radical (unpaired) electrons. The molecule has 0 fully saturated rings. The highest BCUT2D eigenvalue weighted by Crippen LogP contribution is 2.13. The normalized spacial score (nSPS) is 10.0. The van der Waals surface area contributed by atoms with Crippen LogP contribution in [0.25, 0.3) is 0 Å². The Labute approximate surface area is 125 Å². The number of urea groups is 1. The maximum atomic E-state index is 12.2. The summed E-state index contributed by atoms with van der Waals surface area (Å²) in [5, 5.41) is 2.76. The predicted octanol–water partition coefficient (Wildman–Crippen LogP) is 3.57. The number of anilines is 1. The summed E-state index contributed by atoms with van der Waals surface area (Å²) in [6.45, 7) is 4.70. The number of carbonyl (C=O) groups is 1. The van der Waals surface area contributed by atoms with Crippen LogP contribution in [0.4, 0.5) is 10.5 Å². The van der Waals surface area contributed by atoms with Crippen molar-refractivity contribution in [3.63, 3.8) is 0 Å². The Balaban J connectivity index is 1.87. The van der Waals surface area contributed by atoms with Gasteiger partial charge in [-0.25, -0.2) is 4.79 Å². The molecule has 0 aliphatic heterocycles. The zero-order valence-electron chi connectivity index (χ0n) is 12.4. The molecular weight excluding hydrogens is 264 g/mol. The van der Waals surface area contributed by atoms with Crippen LogP contribution in [0.3, 0.4) is 0 Å². The van der Waals surface area contributed by atoms with Gasteiger partial charge in [0.15, 0.2) is 6.73 Å². The second-order valence-electron chi connectivity index (χ2n) is 4.66. The fourth-order valence-electron chi connectivity index (χ4n) is 1.96. The van der Waals surface area contributed by atoms with E-state index in [0.717, 1.165) is 11.4 Å². The minimum absolute atomic E-state index is 0.144. The minimum Gasteiger partial charge on any atom is -0.473 e. The second kappa shape index (κ2) is 7.33. The number of nitrogens with zero attached hydrogens (tertiary/aromatic N) is 1. The molecule has 0 saturated carbocycles. The van der Waals surface area contributed by atoms with Crippen LogP contribution in [0.5, 0.6) is 5.75 Å². The lowest BCUT2D eigenvalue weighted by atomic mass is 10.2. The molecule has 110 valence electrons. The average Bonchev–Trinajstić information content (AvgIpc) is 2.51. The molecule has 0 spiro atoms. The molecule has 0 aromatic heterocycles. The first-order valence-corrected chi connectivity index (χ1v) is 7.00. The van der Waals surface area contributed by atoms with E-state index in [9.17, 15) is 4.79 Å². The number of hydrogen-bond donors (Lipinski definition) is 1. The van der Waals surface area contributed by atoms with E-state index in [2.05, 4.69) is 5.32 Å². The summed E-state index contributed by atoms with van der Waals surface area (Å²) in [5.41, 5.74) is 2.04. The topological polar surface area (TPSA) is 41.6 Å². The van der Waals surface area contributed by atoms with Crippen molar-refractivity contribution in [1.29, 1.82) is 0 Å². The van der Waals surface area contributed by atoms with E-state index in [4.69, 9.17) is 4.74 Å². The van der Waals surface area contributed by atoms with Crippen molar-refractivity contribution in [2.24, 2.45) is 0 Å². The van der Waals surface area contributed by atoms with Gasteiger partial charge in [-0.2, -0.15) is 0 Å². The van der Waals surface area contributed by atoms with Gasteiger partial charge in [0.2, 0.25) is 0 Å². The summed E-state index contributed by atoms with van der Waals surface area (Å²) in [5.74, 6) is 0.739. The van der Waals surface area contributed by atoms with Crippen LogP contribution in [-0.2, 0) is 0 Å². The maximum Gasteiger partial charge on any atom is 0.324 e. The number of ether oxygens (including phenoxy) is 1. The third-order valence-corrected chi connectivity index (χ3v) is 3.11. The van der Waals surface area contributed by atoms with Crippen molar-refractivity contribution in [1.82, 2.24) is 5.32 Å². The van der Waals surface area contributed by atoms with Crippen LogP contribution in [-0.4, -0.2) is 19.3 Å². The summed E-state index contributed by atoms with van der Waals surface area (Å²) in [4.78, 5) is 13.8. The Hall–Kier alpha value is -2.49. The molecule has 2 aromatic rings. The third-order valence-electron chi connectivity index (χ3n) is 3.11. The fourth-order valence-corrected chi connectivity index (χ4v) is 1.96. The van der Waals surface area contributed by atoms with Gasteiger partial charge in [-0.05, 0) is 38.1 Å². The molecule has 0 aliphatic rings. The van der Waals surface area contributed by atoms with Gasteiger partial charge in [0.1, 0.15) is 5.75 Å². The van der Waals surface area contributed by atoms with Crippen molar-refractivity contribution >= 4 is 11.7 Å². The minimum atomic E-state index is -0.171. The van der Waals surface area contributed by atoms with Crippen molar-refractivity contribution in [2.45, 2.75) is 13.8 Å². The standard InChI is InChI=1S/C17H20N2O2/c1-3-19(15-7-5-4-6-8-15)17(20)18-13-21-16-11-9-14(2)10-12-16/h4-12H,3,13H2,1-2H3,(H,18,20). The highest BCUT2D eigenvalue weighted by molar-refractivity contribution is 5.91. The molecule has 4 heteroatoms. The second-order valence-corrected chi connectivity index (χ2v) is 4.66. The number of aryl methyl sites for hydroxylation is 1. The lowest BCUT2D eigenvalue weighted by Crippen LogP contribution is -2.41. The van der Waals surface area contributed by atoms with E-state index >= 15 is 0 Å². The van der Waals surface area contributed by atoms with Gasteiger partial charge < -0.3 is 10.1 Å². The van der Waals surface area contributed by atoms with Crippen molar-refractivity contribution in [3.05, 3.63) is 60.2 Å². The van der Waals surface area contributed by atoms with Gasteiger partial charge in [0, 0.05) is 12.2 Å². The highest BCUT2D eigenvalue weighted by atomic mass is 16.5. The van der Waals surface area contributed by atoms with E-state index in [-0.39, 0.29) is 12.8 Å². The molecule has 0 atom stereocenters. The SMILES string of the molecule is CCN(C(=O)NCOc1ccc(C)cc1)c1ccccc1. The van der Waals surface area contributed by atoms with E-state index in [0.29, 0.717) is 6.54 Å². The van der Waals surface area contributed by atoms with Crippen LogP contribution in [0.2, 0.25) is 0 Å². The number of hydrogen-bond acceptors (Lipinski definition) is 2. The Morgan fingerprint density at radius 1 is 1.10 bits per heavy atom. The zero-order chi connectivity index (χ0) is 15.1. The Morgan fingerprint density at radius 2 is 1.76 bits per heavy atom. The first-order chi connectivity index (χ1) is 10.2. The lowest BCUT2D eigenvalue weighted by molar-refractivity contribution is 0.229. The summed E-state index contributed by atoms with van der Waals surface area (Å²) >= 11 is 0. The molecule has 2 rings (SSSR count). The van der Waals surface area contributed by atoms with Crippen LogP contribution < -0.4 is 15.0 Å². The Morgan fingerprint density at radius 3 is 2.38 bits per heavy atom. The largest absolute Gasteiger partial charge is 0.473 e. The van der Waals surface area contributed by atoms with Crippen LogP contribution in [0.15, 0.2) is 54.6 Å². The number of rotatable bonds is 5. The summed E-state index contributed by atoms with van der Waals surface area (Å²) in [6.07, 6.45) is 0. The molecule has 21 heavy (non-hydrogen) atoms. The van der Waals surface area contributed by atoms with Gasteiger partial charge in [0.05, 0.1) is 0 Å². The first kappa shape index (κ1) is 14.9. The summed E-state index contributed by atoms with van der Waals surface area (Å²) in [6, 6.07) is 17.1. The lowest BCUT2D eigenvalue weighted by Gasteiger charge is -2.21. The van der Waals surface area contributed by atoms with Crippen LogP contribution >= 0.6 is 0 Å². The van der Waals surface area contributed by atoms with Gasteiger partial charge >= 0.3 is 6.03 Å². The molecule has 2 amide bonds. The first-order valence-electron chi connectivity index (χ1n) is 7.00. The van der Waals surface area contributed by atoms with Gasteiger partial charge in [0.25, 0.3) is 0 Å². The van der Waals surface area contributed by atoms with Crippen LogP contribution in [0, 0.1) is 6.92 Å². The van der Waals surface area contributed by atoms with E-state index in [1.54, 1.807) is 4.90 Å². The molecular formula is C17H20N2O2. The average molecular weight is 284 g/mol. The maximum absolute atomic E-state index is 12.2. The van der Waals surface area contributed by atoms with E-state index in [1.165, 1.54) is 5.56 Å². The molecule has 0 unspecified atom stereocenters. The van der Waals surface area contributed by atoms with E-state index in [1.807, 2.05) is 68.4 Å². The van der Waals surface area contributed by atoms with Crippen LogP contribution in [0.1, 0.15) is 12.5 Å². The van der Waals surface area contributed by atoms with Gasteiger partial charge in [-0.15, -0.1) is 0 Å². The molecule has 2 aromatic carbocycles. The smallest absolute Gasteiger partial charge is 0.324 e. The number of amides is 2. The number of para-hydroxylation sites is 1. The third kappa shape index (κ3) is 4.24. The molecule has 0 heterocycles. The fraction of sp³-hybridized carbons (Fsp3) is 0.235. The zero-order valence-corrected chi connectivity index (χ0v) is 12.4. The summed E-state index contributed by atoms with van der Waals surface area (Å²) < 4.78 is 5.50. The molecule has 0 saturated heterocycles. The molecule has 0 aliphatic carbocycles. The van der Waals surface area contributed by atoms with Gasteiger partial charge in [-0.3, -0.25) is 4.90 Å². The molecule has 4 nitrogen and oxygen atoms in total. The summed E-state index contributed by atoms with van der Waals surface area (Å²) in [7, 11) is 0. The Kier molecular flexibility index (Phi) is 5.21. The Bertz CT molecular complexity index is 567. The van der Waals surface area contributed by atoms with Gasteiger partial charge in [-0.1, -0.05) is 35.9 Å². The number of nitrogens with one attached hydrogen (secondary N) is 1.